The van der Waals surface area contributed by atoms with Crippen LogP contribution in [0.3, 0.4) is 0 Å². The molecule has 7 nitrogen and oxygen atoms in total. The maximum atomic E-state index is 12.1. The van der Waals surface area contributed by atoms with Crippen molar-refractivity contribution in [2.45, 2.75) is 6.54 Å². The highest BCUT2D eigenvalue weighted by atomic mass is 79.9. The molecule has 0 aliphatic carbocycles. The molecule has 0 atom stereocenters. The van der Waals surface area contributed by atoms with Gasteiger partial charge in [-0.2, -0.15) is 5.10 Å². The van der Waals surface area contributed by atoms with Crippen LogP contribution in [0.1, 0.15) is 16.2 Å². The number of hydrogen-bond acceptors (Lipinski definition) is 5. The van der Waals surface area contributed by atoms with Gasteiger partial charge in [0, 0.05) is 24.8 Å². The van der Waals surface area contributed by atoms with E-state index in [0.29, 0.717) is 17.2 Å². The number of nitrogens with zero attached hydrogens (tertiary/aromatic N) is 4. The molecule has 2 rings (SSSR count). The fraction of sp³-hybridized carbons (Fsp3) is 0.273. The minimum Gasteiger partial charge on any atom is -0.372 e. The van der Waals surface area contributed by atoms with E-state index in [-0.39, 0.29) is 12.5 Å². The third kappa shape index (κ3) is 3.28. The summed E-state index contributed by atoms with van der Waals surface area (Å²) in [6.45, 7) is 0.273. The lowest BCUT2D eigenvalue weighted by molar-refractivity contribution is 0.0950. The van der Waals surface area contributed by atoms with Crippen LogP contribution in [0.15, 0.2) is 23.1 Å². The summed E-state index contributed by atoms with van der Waals surface area (Å²) in [5, 5.41) is 9.72. The molecular weight excluding hydrogens is 312 g/mol. The molecule has 2 heterocycles. The Morgan fingerprint density at radius 1 is 1.47 bits per heavy atom. The number of halogens is 1. The highest BCUT2D eigenvalue weighted by Crippen LogP contribution is 2.17. The van der Waals surface area contributed by atoms with Gasteiger partial charge in [-0.05, 0) is 22.0 Å². The molecule has 0 aromatic carbocycles. The van der Waals surface area contributed by atoms with Gasteiger partial charge in [0.2, 0.25) is 0 Å². The van der Waals surface area contributed by atoms with Crippen molar-refractivity contribution >= 4 is 27.7 Å². The highest BCUT2D eigenvalue weighted by molar-refractivity contribution is 9.10. The molecule has 2 N–H and O–H groups in total. The van der Waals surface area contributed by atoms with Crippen LogP contribution in [0, 0.1) is 0 Å². The summed E-state index contributed by atoms with van der Waals surface area (Å²) in [6, 6.07) is 1.71. The number of nitrogens with one attached hydrogen (secondary N) is 2. The molecule has 19 heavy (non-hydrogen) atoms. The fourth-order valence-electron chi connectivity index (χ4n) is 1.53. The van der Waals surface area contributed by atoms with E-state index in [4.69, 9.17) is 0 Å². The van der Waals surface area contributed by atoms with Gasteiger partial charge in [0.1, 0.15) is 12.1 Å². The number of hydrogen-bond donors (Lipinski definition) is 2. The van der Waals surface area contributed by atoms with E-state index in [1.54, 1.807) is 37.4 Å². The van der Waals surface area contributed by atoms with Crippen LogP contribution in [0.5, 0.6) is 0 Å². The summed E-state index contributed by atoms with van der Waals surface area (Å²) in [4.78, 5) is 20.2. The summed E-state index contributed by atoms with van der Waals surface area (Å²) in [5.41, 5.74) is 0.466. The predicted molar refractivity (Wildman–Crippen MR) is 73.7 cm³/mol. The van der Waals surface area contributed by atoms with Crippen LogP contribution >= 0.6 is 15.9 Å². The number of carbonyl (C=O) groups excluding carboxylic acids is 1. The normalized spacial score (nSPS) is 10.3. The van der Waals surface area contributed by atoms with Gasteiger partial charge < -0.3 is 10.6 Å². The second kappa shape index (κ2) is 5.79. The average molecular weight is 325 g/mol. The molecule has 0 bridgehead atoms. The van der Waals surface area contributed by atoms with Gasteiger partial charge in [-0.3, -0.25) is 9.48 Å². The molecule has 0 radical (unpaired) electrons. The third-order valence-corrected chi connectivity index (χ3v) is 2.82. The van der Waals surface area contributed by atoms with Crippen LogP contribution in [0.2, 0.25) is 0 Å². The lowest BCUT2D eigenvalue weighted by Gasteiger charge is -2.08. The quantitative estimate of drug-likeness (QED) is 0.874. The van der Waals surface area contributed by atoms with Gasteiger partial charge in [0.15, 0.2) is 5.82 Å². The first kappa shape index (κ1) is 13.5. The van der Waals surface area contributed by atoms with Crippen molar-refractivity contribution in [3.63, 3.8) is 0 Å². The molecule has 0 aliphatic heterocycles. The van der Waals surface area contributed by atoms with Crippen LogP contribution in [-0.4, -0.2) is 32.7 Å². The minimum absolute atomic E-state index is 0.231. The highest BCUT2D eigenvalue weighted by Gasteiger charge is 2.13. The molecular formula is C11H13BrN6O. The predicted octanol–water partition coefficient (Wildman–Crippen LogP) is 0.944. The van der Waals surface area contributed by atoms with E-state index in [1.165, 1.54) is 0 Å². The Labute approximate surface area is 118 Å². The minimum atomic E-state index is -0.231. The lowest BCUT2D eigenvalue weighted by atomic mass is 10.2. The molecule has 2 aromatic heterocycles. The molecule has 0 unspecified atom stereocenters. The number of aromatic nitrogens is 4. The van der Waals surface area contributed by atoms with E-state index >= 15 is 0 Å². The maximum absolute atomic E-state index is 12.1. The molecule has 0 fully saturated rings. The van der Waals surface area contributed by atoms with Gasteiger partial charge in [-0.15, -0.1) is 0 Å². The smallest absolute Gasteiger partial charge is 0.255 e. The van der Waals surface area contributed by atoms with Crippen LogP contribution in [-0.2, 0) is 13.6 Å². The number of aryl methyl sites for hydroxylation is 1. The second-order valence-corrected chi connectivity index (χ2v) is 4.73. The van der Waals surface area contributed by atoms with Crippen LogP contribution in [0.25, 0.3) is 0 Å². The van der Waals surface area contributed by atoms with E-state index in [2.05, 4.69) is 41.6 Å². The average Bonchev–Trinajstić information content (AvgIpc) is 2.81. The summed E-state index contributed by atoms with van der Waals surface area (Å²) in [7, 11) is 3.49. The first-order chi connectivity index (χ1) is 9.10. The Balaban J connectivity index is 2.09. The molecule has 2 aromatic rings. The van der Waals surface area contributed by atoms with Crippen molar-refractivity contribution in [1.82, 2.24) is 25.1 Å². The van der Waals surface area contributed by atoms with Gasteiger partial charge in [0.05, 0.1) is 12.1 Å². The Bertz CT molecular complexity index is 597. The Hall–Kier alpha value is -1.96. The molecule has 0 aliphatic rings. The zero-order valence-corrected chi connectivity index (χ0v) is 12.1. The summed E-state index contributed by atoms with van der Waals surface area (Å²) >= 11 is 3.29. The number of rotatable bonds is 4. The van der Waals surface area contributed by atoms with Crippen molar-refractivity contribution in [1.29, 1.82) is 0 Å². The van der Waals surface area contributed by atoms with Crippen molar-refractivity contribution in [2.24, 2.45) is 7.05 Å². The summed E-state index contributed by atoms with van der Waals surface area (Å²) in [6.07, 6.45) is 3.21. The number of amides is 1. The molecule has 0 spiro atoms. The van der Waals surface area contributed by atoms with Crippen LogP contribution < -0.4 is 10.6 Å². The topological polar surface area (TPSA) is 84.7 Å². The van der Waals surface area contributed by atoms with E-state index in [1.807, 2.05) is 0 Å². The third-order valence-electron chi connectivity index (χ3n) is 2.39. The van der Waals surface area contributed by atoms with E-state index in [9.17, 15) is 4.79 Å². The standard InChI is InChI=1S/C11H13BrN6O/c1-13-10-8(3-7(12)4-14-10)11(19)15-5-9-16-6-18(2)17-9/h3-4,6H,5H2,1-2H3,(H,13,14)(H,15,19). The largest absolute Gasteiger partial charge is 0.372 e. The zero-order chi connectivity index (χ0) is 13.8. The van der Waals surface area contributed by atoms with Crippen molar-refractivity contribution < 1.29 is 4.79 Å². The van der Waals surface area contributed by atoms with Gasteiger partial charge in [-0.25, -0.2) is 9.97 Å². The molecule has 100 valence electrons. The Kier molecular flexibility index (Phi) is 4.10. The van der Waals surface area contributed by atoms with E-state index < -0.39 is 0 Å². The van der Waals surface area contributed by atoms with Gasteiger partial charge >= 0.3 is 0 Å². The lowest BCUT2D eigenvalue weighted by Crippen LogP contribution is -2.24. The SMILES string of the molecule is CNc1ncc(Br)cc1C(=O)NCc1ncn(C)n1. The van der Waals surface area contributed by atoms with Gasteiger partial charge in [-0.1, -0.05) is 0 Å². The molecule has 8 heteroatoms. The van der Waals surface area contributed by atoms with Crippen molar-refractivity contribution in [3.8, 4) is 0 Å². The van der Waals surface area contributed by atoms with E-state index in [0.717, 1.165) is 4.47 Å². The number of pyridine rings is 1. The number of anilines is 1. The molecule has 0 saturated carbocycles. The monoisotopic (exact) mass is 324 g/mol. The zero-order valence-electron chi connectivity index (χ0n) is 10.5. The molecule has 1 amide bonds. The molecule has 0 saturated heterocycles. The van der Waals surface area contributed by atoms with Crippen LogP contribution in [0.4, 0.5) is 5.82 Å². The Morgan fingerprint density at radius 2 is 2.26 bits per heavy atom. The Morgan fingerprint density at radius 3 is 2.89 bits per heavy atom. The maximum Gasteiger partial charge on any atom is 0.255 e. The van der Waals surface area contributed by atoms with Gasteiger partial charge in [0.25, 0.3) is 5.91 Å². The fourth-order valence-corrected chi connectivity index (χ4v) is 1.86. The second-order valence-electron chi connectivity index (χ2n) is 3.82. The first-order valence-corrected chi connectivity index (χ1v) is 6.35. The van der Waals surface area contributed by atoms with Crippen molar-refractivity contribution in [3.05, 3.63) is 34.5 Å². The summed E-state index contributed by atoms with van der Waals surface area (Å²) in [5.74, 6) is 0.852. The van der Waals surface area contributed by atoms with Crippen molar-refractivity contribution in [2.75, 3.05) is 12.4 Å². The summed E-state index contributed by atoms with van der Waals surface area (Å²) < 4.78 is 2.33. The first-order valence-electron chi connectivity index (χ1n) is 5.56. The number of carbonyl (C=O) groups is 1.